The number of ether oxygens (including phenoxy) is 1. The summed E-state index contributed by atoms with van der Waals surface area (Å²) < 4.78 is 6.18. The van der Waals surface area contributed by atoms with Gasteiger partial charge in [0.05, 0.1) is 12.3 Å². The van der Waals surface area contributed by atoms with Gasteiger partial charge in [0.2, 0.25) is 0 Å². The summed E-state index contributed by atoms with van der Waals surface area (Å²) in [5.41, 5.74) is -1.76. The highest BCUT2D eigenvalue weighted by Gasteiger charge is 2.13. The Morgan fingerprint density at radius 3 is 2.65 bits per heavy atom. The number of para-hydroxylation sites is 2. The van der Waals surface area contributed by atoms with Crippen molar-refractivity contribution in [3.63, 3.8) is 0 Å². The van der Waals surface area contributed by atoms with E-state index in [1.807, 2.05) is 0 Å². The summed E-state index contributed by atoms with van der Waals surface area (Å²) in [6, 6.07) is 7.37. The van der Waals surface area contributed by atoms with E-state index in [1.165, 1.54) is 0 Å². The molecule has 0 aliphatic rings. The van der Waals surface area contributed by atoms with Crippen LogP contribution in [0.4, 0.5) is 0 Å². The molecule has 0 fully saturated rings. The first-order valence-corrected chi connectivity index (χ1v) is 5.86. The third-order valence-corrected chi connectivity index (χ3v) is 2.57. The second-order valence-electron chi connectivity index (χ2n) is 3.87. The Morgan fingerprint density at radius 2 is 2.05 bits per heavy atom. The van der Waals surface area contributed by atoms with Crippen LogP contribution in [0.25, 0.3) is 5.69 Å². The molecule has 0 spiro atoms. The molecule has 0 saturated heterocycles. The SMILES string of the molecule is CCOc1ccccc1-n1c(=O)cc(C(=O)O)[nH]c1=O. The van der Waals surface area contributed by atoms with Gasteiger partial charge in [-0.3, -0.25) is 4.79 Å². The number of H-pyrrole nitrogens is 1. The molecule has 7 heteroatoms. The van der Waals surface area contributed by atoms with Gasteiger partial charge >= 0.3 is 11.7 Å². The third kappa shape index (κ3) is 2.46. The van der Waals surface area contributed by atoms with Gasteiger partial charge < -0.3 is 14.8 Å². The summed E-state index contributed by atoms with van der Waals surface area (Å²) in [5, 5.41) is 8.79. The molecule has 1 aromatic heterocycles. The number of aromatic amines is 1. The van der Waals surface area contributed by atoms with Crippen molar-refractivity contribution in [1.82, 2.24) is 9.55 Å². The van der Waals surface area contributed by atoms with Crippen molar-refractivity contribution >= 4 is 5.97 Å². The summed E-state index contributed by atoms with van der Waals surface area (Å²) in [6.07, 6.45) is 0. The molecule has 0 atom stereocenters. The van der Waals surface area contributed by atoms with Crippen LogP contribution in [-0.4, -0.2) is 27.2 Å². The van der Waals surface area contributed by atoms with Gasteiger partial charge in [0.25, 0.3) is 5.56 Å². The van der Waals surface area contributed by atoms with Crippen LogP contribution in [0.5, 0.6) is 5.75 Å². The highest BCUT2D eigenvalue weighted by atomic mass is 16.5. The Bertz CT molecular complexity index is 729. The van der Waals surface area contributed by atoms with Crippen LogP contribution in [0.3, 0.4) is 0 Å². The number of hydrogen-bond donors (Lipinski definition) is 2. The van der Waals surface area contributed by atoms with E-state index in [-0.39, 0.29) is 5.69 Å². The van der Waals surface area contributed by atoms with Crippen molar-refractivity contribution in [2.24, 2.45) is 0 Å². The van der Waals surface area contributed by atoms with Crippen molar-refractivity contribution < 1.29 is 14.6 Å². The molecule has 2 aromatic rings. The van der Waals surface area contributed by atoms with Gasteiger partial charge in [0.15, 0.2) is 0 Å². The second-order valence-corrected chi connectivity index (χ2v) is 3.87. The summed E-state index contributed by atoms with van der Waals surface area (Å²) >= 11 is 0. The van der Waals surface area contributed by atoms with Gasteiger partial charge in [-0.1, -0.05) is 12.1 Å². The Kier molecular flexibility index (Phi) is 3.69. The minimum atomic E-state index is -1.37. The summed E-state index contributed by atoms with van der Waals surface area (Å²) in [4.78, 5) is 36.8. The van der Waals surface area contributed by atoms with Gasteiger partial charge in [-0.15, -0.1) is 0 Å². The number of nitrogens with zero attached hydrogens (tertiary/aromatic N) is 1. The van der Waals surface area contributed by atoms with Crippen molar-refractivity contribution in [3.05, 3.63) is 56.9 Å². The van der Waals surface area contributed by atoms with Crippen LogP contribution in [0.15, 0.2) is 39.9 Å². The normalized spacial score (nSPS) is 10.2. The quantitative estimate of drug-likeness (QED) is 0.852. The first-order valence-electron chi connectivity index (χ1n) is 5.86. The average molecular weight is 276 g/mol. The summed E-state index contributed by atoms with van der Waals surface area (Å²) in [5.74, 6) is -1.00. The Balaban J connectivity index is 2.68. The molecule has 0 saturated carbocycles. The first kappa shape index (κ1) is 13.6. The van der Waals surface area contributed by atoms with E-state index < -0.39 is 22.9 Å². The lowest BCUT2D eigenvalue weighted by Gasteiger charge is -2.11. The van der Waals surface area contributed by atoms with Crippen LogP contribution >= 0.6 is 0 Å². The molecule has 0 aliphatic carbocycles. The van der Waals surface area contributed by atoms with Gasteiger partial charge in [-0.25, -0.2) is 14.2 Å². The number of rotatable bonds is 4. The monoisotopic (exact) mass is 276 g/mol. The van der Waals surface area contributed by atoms with E-state index >= 15 is 0 Å². The highest BCUT2D eigenvalue weighted by Crippen LogP contribution is 2.19. The molecular weight excluding hydrogens is 264 g/mol. The standard InChI is InChI=1S/C13H12N2O5/c1-2-20-10-6-4-3-5-9(10)15-11(16)7-8(12(17)18)14-13(15)19/h3-7H,2H2,1H3,(H,14,19)(H,17,18). The maximum Gasteiger partial charge on any atom is 0.352 e. The third-order valence-electron chi connectivity index (χ3n) is 2.57. The van der Waals surface area contributed by atoms with Crippen LogP contribution in [0.2, 0.25) is 0 Å². The van der Waals surface area contributed by atoms with Crippen molar-refractivity contribution in [2.45, 2.75) is 6.92 Å². The van der Waals surface area contributed by atoms with Crippen LogP contribution in [-0.2, 0) is 0 Å². The van der Waals surface area contributed by atoms with E-state index in [1.54, 1.807) is 31.2 Å². The summed E-state index contributed by atoms with van der Waals surface area (Å²) in [7, 11) is 0. The zero-order valence-corrected chi connectivity index (χ0v) is 10.6. The van der Waals surface area contributed by atoms with E-state index in [4.69, 9.17) is 9.84 Å². The molecule has 0 bridgehead atoms. The zero-order chi connectivity index (χ0) is 14.7. The number of carboxylic acid groups (broad SMARTS) is 1. The molecule has 2 N–H and O–H groups in total. The molecule has 0 aliphatic heterocycles. The minimum absolute atomic E-state index is 0.262. The molecule has 0 radical (unpaired) electrons. The van der Waals surface area contributed by atoms with E-state index in [0.29, 0.717) is 12.4 Å². The van der Waals surface area contributed by atoms with Gasteiger partial charge in [0, 0.05) is 6.07 Å². The molecule has 2 rings (SSSR count). The van der Waals surface area contributed by atoms with Gasteiger partial charge in [0.1, 0.15) is 11.4 Å². The van der Waals surface area contributed by atoms with Crippen LogP contribution in [0.1, 0.15) is 17.4 Å². The van der Waals surface area contributed by atoms with Crippen LogP contribution < -0.4 is 16.0 Å². The number of carboxylic acids is 1. The number of nitrogens with one attached hydrogen (secondary N) is 1. The number of hydrogen-bond acceptors (Lipinski definition) is 4. The highest BCUT2D eigenvalue weighted by molar-refractivity contribution is 5.84. The molecular formula is C13H12N2O5. The predicted octanol–water partition coefficient (Wildman–Crippen LogP) is 0.623. The van der Waals surface area contributed by atoms with Crippen molar-refractivity contribution in [1.29, 1.82) is 0 Å². The van der Waals surface area contributed by atoms with Crippen molar-refractivity contribution in [2.75, 3.05) is 6.61 Å². The molecule has 7 nitrogen and oxygen atoms in total. The molecule has 1 heterocycles. The van der Waals surface area contributed by atoms with Crippen molar-refractivity contribution in [3.8, 4) is 11.4 Å². The Morgan fingerprint density at radius 1 is 1.35 bits per heavy atom. The number of carbonyl (C=O) groups is 1. The lowest BCUT2D eigenvalue weighted by atomic mass is 10.3. The molecule has 0 amide bonds. The topological polar surface area (TPSA) is 101 Å². The maximum atomic E-state index is 11.9. The fourth-order valence-electron chi connectivity index (χ4n) is 1.76. The van der Waals surface area contributed by atoms with Crippen LogP contribution in [0, 0.1) is 0 Å². The second kappa shape index (κ2) is 5.43. The molecule has 104 valence electrons. The maximum absolute atomic E-state index is 11.9. The lowest BCUT2D eigenvalue weighted by Crippen LogP contribution is -2.35. The summed E-state index contributed by atoms with van der Waals surface area (Å²) in [6.45, 7) is 2.15. The van der Waals surface area contributed by atoms with E-state index in [0.717, 1.165) is 10.6 Å². The molecule has 0 unspecified atom stereocenters. The number of benzene rings is 1. The zero-order valence-electron chi connectivity index (χ0n) is 10.6. The smallest absolute Gasteiger partial charge is 0.352 e. The van der Waals surface area contributed by atoms with Gasteiger partial charge in [-0.2, -0.15) is 0 Å². The fraction of sp³-hybridized carbons (Fsp3) is 0.154. The number of aromatic nitrogens is 2. The van der Waals surface area contributed by atoms with E-state index in [9.17, 15) is 14.4 Å². The number of aromatic carboxylic acids is 1. The fourth-order valence-corrected chi connectivity index (χ4v) is 1.76. The predicted molar refractivity (Wildman–Crippen MR) is 70.8 cm³/mol. The Hall–Kier alpha value is -2.83. The molecule has 20 heavy (non-hydrogen) atoms. The first-order chi connectivity index (χ1) is 9.54. The van der Waals surface area contributed by atoms with E-state index in [2.05, 4.69) is 4.98 Å². The Labute approximate surface area is 113 Å². The van der Waals surface area contributed by atoms with Gasteiger partial charge in [-0.05, 0) is 19.1 Å². The molecule has 1 aromatic carbocycles. The largest absolute Gasteiger partial charge is 0.492 e. The lowest BCUT2D eigenvalue weighted by molar-refractivity contribution is 0.0689. The average Bonchev–Trinajstić information content (AvgIpc) is 2.40. The minimum Gasteiger partial charge on any atom is -0.492 e.